The number of rotatable bonds is 5. The van der Waals surface area contributed by atoms with E-state index in [2.05, 4.69) is 22.5 Å². The lowest BCUT2D eigenvalue weighted by Gasteiger charge is -2.16. The highest BCUT2D eigenvalue weighted by molar-refractivity contribution is 5.34. The minimum atomic E-state index is -0.389. The van der Waals surface area contributed by atoms with Crippen LogP contribution >= 0.6 is 0 Å². The quantitative estimate of drug-likeness (QED) is 0.503. The standard InChI is InChI=1S/C19H25N3O3/c23-22(24)17-10-8-16(9-11-17)18-15-20-19(25-18)7-3-6-14-21-12-4-1-2-5-13-21/h3,6-11,14,18-20H,1-2,4-5,12-13,15H2/b7-3+,14-6+. The van der Waals surface area contributed by atoms with Gasteiger partial charge in [0.25, 0.3) is 5.69 Å². The van der Waals surface area contributed by atoms with Gasteiger partial charge in [-0.05, 0) is 48.9 Å². The fourth-order valence-electron chi connectivity index (χ4n) is 3.20. The molecule has 3 rings (SSSR count). The molecule has 134 valence electrons. The first-order chi connectivity index (χ1) is 12.2. The van der Waals surface area contributed by atoms with Crippen molar-refractivity contribution < 1.29 is 9.66 Å². The van der Waals surface area contributed by atoms with Gasteiger partial charge in [0.1, 0.15) is 6.23 Å². The van der Waals surface area contributed by atoms with E-state index in [1.807, 2.05) is 12.2 Å². The van der Waals surface area contributed by atoms with Crippen LogP contribution in [0.2, 0.25) is 0 Å². The normalized spacial score (nSPS) is 24.9. The van der Waals surface area contributed by atoms with Crippen LogP contribution in [0.25, 0.3) is 0 Å². The number of likely N-dealkylation sites (tertiary alicyclic amines) is 1. The Labute approximate surface area is 148 Å². The van der Waals surface area contributed by atoms with E-state index in [0.29, 0.717) is 6.54 Å². The van der Waals surface area contributed by atoms with Gasteiger partial charge in [-0.2, -0.15) is 0 Å². The van der Waals surface area contributed by atoms with Gasteiger partial charge < -0.3 is 9.64 Å². The Morgan fingerprint density at radius 1 is 1.12 bits per heavy atom. The predicted molar refractivity (Wildman–Crippen MR) is 97.0 cm³/mol. The molecule has 0 spiro atoms. The number of allylic oxidation sites excluding steroid dienone is 2. The summed E-state index contributed by atoms with van der Waals surface area (Å²) in [4.78, 5) is 12.7. The molecule has 2 fully saturated rings. The summed E-state index contributed by atoms with van der Waals surface area (Å²) in [5.74, 6) is 0. The molecule has 2 aliphatic heterocycles. The number of nitro groups is 1. The van der Waals surface area contributed by atoms with Gasteiger partial charge in [-0.25, -0.2) is 0 Å². The summed E-state index contributed by atoms with van der Waals surface area (Å²) in [6, 6.07) is 6.56. The molecule has 1 aromatic carbocycles. The topological polar surface area (TPSA) is 67.6 Å². The lowest BCUT2D eigenvalue weighted by molar-refractivity contribution is -0.384. The molecule has 0 radical (unpaired) electrons. The number of ether oxygens (including phenoxy) is 1. The summed E-state index contributed by atoms with van der Waals surface area (Å²) >= 11 is 0. The lowest BCUT2D eigenvalue weighted by atomic mass is 10.1. The molecular formula is C19H25N3O3. The average molecular weight is 343 g/mol. The van der Waals surface area contributed by atoms with Gasteiger partial charge in [-0.3, -0.25) is 15.4 Å². The molecule has 2 unspecified atom stereocenters. The van der Waals surface area contributed by atoms with Gasteiger partial charge in [0.2, 0.25) is 0 Å². The highest BCUT2D eigenvalue weighted by Gasteiger charge is 2.24. The van der Waals surface area contributed by atoms with Crippen LogP contribution in [0.3, 0.4) is 0 Å². The van der Waals surface area contributed by atoms with Crippen molar-refractivity contribution in [3.05, 3.63) is 64.4 Å². The molecule has 0 aromatic heterocycles. The fourth-order valence-corrected chi connectivity index (χ4v) is 3.20. The first kappa shape index (κ1) is 17.6. The maximum absolute atomic E-state index is 10.7. The first-order valence-corrected chi connectivity index (χ1v) is 8.94. The number of non-ortho nitro benzene ring substituents is 1. The Bertz CT molecular complexity index is 619. The minimum Gasteiger partial charge on any atom is -0.377 e. The number of nitro benzene ring substituents is 1. The maximum atomic E-state index is 10.7. The Balaban J connectivity index is 1.48. The molecule has 0 amide bonds. The molecule has 6 nitrogen and oxygen atoms in total. The van der Waals surface area contributed by atoms with E-state index in [-0.39, 0.29) is 22.9 Å². The van der Waals surface area contributed by atoms with Crippen LogP contribution in [0.4, 0.5) is 5.69 Å². The second kappa shape index (κ2) is 8.78. The summed E-state index contributed by atoms with van der Waals surface area (Å²) in [6.45, 7) is 2.98. The monoisotopic (exact) mass is 343 g/mol. The van der Waals surface area contributed by atoms with Crippen LogP contribution in [0.5, 0.6) is 0 Å². The smallest absolute Gasteiger partial charge is 0.269 e. The second-order valence-corrected chi connectivity index (χ2v) is 6.48. The molecule has 6 heteroatoms. The van der Waals surface area contributed by atoms with E-state index in [4.69, 9.17) is 4.74 Å². The van der Waals surface area contributed by atoms with Crippen molar-refractivity contribution >= 4 is 5.69 Å². The molecule has 0 saturated carbocycles. The van der Waals surface area contributed by atoms with Gasteiger partial charge in [-0.1, -0.05) is 18.9 Å². The molecule has 1 aromatic rings. The van der Waals surface area contributed by atoms with E-state index in [1.54, 1.807) is 12.1 Å². The number of hydrogen-bond donors (Lipinski definition) is 1. The Kier molecular flexibility index (Phi) is 6.19. The number of nitrogens with zero attached hydrogens (tertiary/aromatic N) is 2. The third-order valence-electron chi connectivity index (χ3n) is 4.63. The van der Waals surface area contributed by atoms with Crippen molar-refractivity contribution in [1.29, 1.82) is 0 Å². The van der Waals surface area contributed by atoms with Crippen molar-refractivity contribution in [2.75, 3.05) is 19.6 Å². The zero-order chi connectivity index (χ0) is 17.5. The van der Waals surface area contributed by atoms with Crippen LogP contribution < -0.4 is 5.32 Å². The molecule has 2 saturated heterocycles. The van der Waals surface area contributed by atoms with Gasteiger partial charge >= 0.3 is 0 Å². The fraction of sp³-hybridized carbons (Fsp3) is 0.474. The van der Waals surface area contributed by atoms with E-state index in [9.17, 15) is 10.1 Å². The number of nitrogens with one attached hydrogen (secondary N) is 1. The zero-order valence-electron chi connectivity index (χ0n) is 14.3. The van der Waals surface area contributed by atoms with E-state index >= 15 is 0 Å². The SMILES string of the molecule is O=[N+]([O-])c1ccc(C2CNC(/C=C/C=C/N3CCCCCC3)O2)cc1. The zero-order valence-corrected chi connectivity index (χ0v) is 14.3. The van der Waals surface area contributed by atoms with Gasteiger partial charge in [0.15, 0.2) is 0 Å². The predicted octanol–water partition coefficient (Wildman–Crippen LogP) is 3.53. The first-order valence-electron chi connectivity index (χ1n) is 8.94. The van der Waals surface area contributed by atoms with Crippen LogP contribution in [0.15, 0.2) is 48.7 Å². The number of hydrogen-bond acceptors (Lipinski definition) is 5. The lowest BCUT2D eigenvalue weighted by Crippen LogP contribution is -2.19. The Morgan fingerprint density at radius 3 is 2.52 bits per heavy atom. The van der Waals surface area contributed by atoms with Crippen molar-refractivity contribution in [2.24, 2.45) is 0 Å². The third kappa shape index (κ3) is 5.14. The highest BCUT2D eigenvalue weighted by Crippen LogP contribution is 2.25. The molecule has 2 aliphatic rings. The molecule has 0 bridgehead atoms. The average Bonchev–Trinajstić information content (AvgIpc) is 2.94. The summed E-state index contributed by atoms with van der Waals surface area (Å²) in [5, 5.41) is 14.0. The summed E-state index contributed by atoms with van der Waals surface area (Å²) in [7, 11) is 0. The van der Waals surface area contributed by atoms with Crippen molar-refractivity contribution in [2.45, 2.75) is 38.0 Å². The molecule has 1 N–H and O–H groups in total. The molecule has 2 atom stereocenters. The van der Waals surface area contributed by atoms with E-state index in [1.165, 1.54) is 37.8 Å². The van der Waals surface area contributed by atoms with Crippen LogP contribution in [-0.2, 0) is 4.74 Å². The Hall–Kier alpha value is -2.18. The summed E-state index contributed by atoms with van der Waals surface area (Å²) < 4.78 is 5.94. The van der Waals surface area contributed by atoms with Gasteiger partial charge in [0, 0.05) is 31.8 Å². The molecular weight excluding hydrogens is 318 g/mol. The molecule has 2 heterocycles. The van der Waals surface area contributed by atoms with Crippen LogP contribution in [-0.4, -0.2) is 35.7 Å². The molecule has 0 aliphatic carbocycles. The van der Waals surface area contributed by atoms with E-state index < -0.39 is 0 Å². The van der Waals surface area contributed by atoms with Crippen LogP contribution in [0, 0.1) is 10.1 Å². The van der Waals surface area contributed by atoms with Crippen molar-refractivity contribution in [3.63, 3.8) is 0 Å². The van der Waals surface area contributed by atoms with Crippen molar-refractivity contribution in [1.82, 2.24) is 10.2 Å². The summed E-state index contributed by atoms with van der Waals surface area (Å²) in [5.41, 5.74) is 1.05. The largest absolute Gasteiger partial charge is 0.377 e. The Morgan fingerprint density at radius 2 is 1.84 bits per heavy atom. The third-order valence-corrected chi connectivity index (χ3v) is 4.63. The van der Waals surface area contributed by atoms with E-state index in [0.717, 1.165) is 18.7 Å². The maximum Gasteiger partial charge on any atom is 0.269 e. The second-order valence-electron chi connectivity index (χ2n) is 6.48. The van der Waals surface area contributed by atoms with Crippen LogP contribution in [0.1, 0.15) is 37.4 Å². The number of benzene rings is 1. The minimum absolute atomic E-state index is 0.0787. The van der Waals surface area contributed by atoms with Crippen molar-refractivity contribution in [3.8, 4) is 0 Å². The highest BCUT2D eigenvalue weighted by atomic mass is 16.6. The summed E-state index contributed by atoms with van der Waals surface area (Å²) in [6.07, 6.45) is 13.3. The van der Waals surface area contributed by atoms with Gasteiger partial charge in [0.05, 0.1) is 11.0 Å². The molecule has 25 heavy (non-hydrogen) atoms. The van der Waals surface area contributed by atoms with Gasteiger partial charge in [-0.15, -0.1) is 0 Å².